The first-order valence-electron chi connectivity index (χ1n) is 12.0. The van der Waals surface area contributed by atoms with Crippen molar-refractivity contribution >= 4 is 0 Å². The van der Waals surface area contributed by atoms with Crippen LogP contribution in [0.3, 0.4) is 0 Å². The Balaban J connectivity index is 1.73. The van der Waals surface area contributed by atoms with E-state index in [2.05, 4.69) is 38.7 Å². The van der Waals surface area contributed by atoms with Gasteiger partial charge in [-0.25, -0.2) is 0 Å². The lowest BCUT2D eigenvalue weighted by atomic mass is 9.61. The van der Waals surface area contributed by atoms with Crippen LogP contribution in [-0.4, -0.2) is 44.8 Å². The van der Waals surface area contributed by atoms with E-state index in [0.29, 0.717) is 37.0 Å². The van der Waals surface area contributed by atoms with E-state index in [0.717, 1.165) is 17.6 Å². The fraction of sp³-hybridized carbons (Fsp3) is 0.704. The average Bonchev–Trinajstić information content (AvgIpc) is 3.07. The molecule has 0 radical (unpaired) electrons. The van der Waals surface area contributed by atoms with Crippen LogP contribution in [0.1, 0.15) is 72.1 Å². The summed E-state index contributed by atoms with van der Waals surface area (Å²) in [7, 11) is 0. The molecule has 4 N–H and O–H groups in total. The van der Waals surface area contributed by atoms with E-state index in [1.807, 2.05) is 6.08 Å². The monoisotopic (exact) mass is 430 g/mol. The normalized spacial score (nSPS) is 39.8. The Labute approximate surface area is 188 Å². The molecule has 3 fully saturated rings. The SMILES string of the molecule is C=C1/C(=C\C=C2/CCC[C@]3(C)[C@@H]([C@H](C)/C=C/C[C@](C)(O)CO)CC[C@@H]23)C[C@@H](O)C[C@@H]1O. The third-order valence-electron chi connectivity index (χ3n) is 8.27. The van der Waals surface area contributed by atoms with E-state index < -0.39 is 17.8 Å². The van der Waals surface area contributed by atoms with Gasteiger partial charge in [0.05, 0.1) is 24.4 Å². The lowest BCUT2D eigenvalue weighted by Crippen LogP contribution is -2.35. The van der Waals surface area contributed by atoms with Gasteiger partial charge in [0.25, 0.3) is 0 Å². The van der Waals surface area contributed by atoms with Crippen molar-refractivity contribution in [1.29, 1.82) is 0 Å². The maximum atomic E-state index is 10.1. The molecule has 0 amide bonds. The molecule has 0 saturated heterocycles. The smallest absolute Gasteiger partial charge is 0.0883 e. The minimum Gasteiger partial charge on any atom is -0.393 e. The zero-order chi connectivity index (χ0) is 22.8. The quantitative estimate of drug-likeness (QED) is 0.469. The summed E-state index contributed by atoms with van der Waals surface area (Å²) in [4.78, 5) is 0. The Morgan fingerprint density at radius 1 is 1.26 bits per heavy atom. The molecule has 0 aromatic carbocycles. The summed E-state index contributed by atoms with van der Waals surface area (Å²) in [6, 6.07) is 0. The highest BCUT2D eigenvalue weighted by Crippen LogP contribution is 2.59. The van der Waals surface area contributed by atoms with Gasteiger partial charge >= 0.3 is 0 Å². The highest BCUT2D eigenvalue weighted by molar-refractivity contribution is 5.38. The summed E-state index contributed by atoms with van der Waals surface area (Å²) < 4.78 is 0. The number of fused-ring (bicyclic) bond motifs is 1. The van der Waals surface area contributed by atoms with Crippen LogP contribution in [-0.2, 0) is 0 Å². The van der Waals surface area contributed by atoms with Crippen LogP contribution < -0.4 is 0 Å². The van der Waals surface area contributed by atoms with E-state index in [1.54, 1.807) is 6.92 Å². The topological polar surface area (TPSA) is 80.9 Å². The van der Waals surface area contributed by atoms with E-state index in [9.17, 15) is 20.4 Å². The molecule has 4 heteroatoms. The van der Waals surface area contributed by atoms with Crippen LogP contribution in [0.4, 0.5) is 0 Å². The van der Waals surface area contributed by atoms with E-state index in [-0.39, 0.29) is 12.0 Å². The van der Waals surface area contributed by atoms with E-state index >= 15 is 0 Å². The Morgan fingerprint density at radius 3 is 2.71 bits per heavy atom. The molecular formula is C27H42O4. The number of aliphatic hydroxyl groups is 4. The van der Waals surface area contributed by atoms with Crippen LogP contribution in [0.15, 0.2) is 47.6 Å². The van der Waals surface area contributed by atoms with Crippen LogP contribution >= 0.6 is 0 Å². The van der Waals surface area contributed by atoms with Gasteiger partial charge in [0.15, 0.2) is 0 Å². The van der Waals surface area contributed by atoms with Gasteiger partial charge < -0.3 is 20.4 Å². The molecule has 31 heavy (non-hydrogen) atoms. The maximum absolute atomic E-state index is 10.1. The van der Waals surface area contributed by atoms with Gasteiger partial charge in [0.1, 0.15) is 0 Å². The standard InChI is InChI=1S/C27H42O4/c1-18(7-5-13-26(3,31)17-28)23-11-12-24-20(8-6-14-27(23,24)4)9-10-21-15-22(29)16-25(30)19(21)2/h5,7,9-10,18,22-25,28-31H,2,6,8,11-17H2,1,3-4H3/b7-5+,20-9+,21-10-/t18-,22-,23-,24+,25+,26+,27-/m1/s1. The molecule has 3 aliphatic carbocycles. The predicted octanol–water partition coefficient (Wildman–Crippen LogP) is 4.45. The number of aliphatic hydroxyl groups excluding tert-OH is 3. The van der Waals surface area contributed by atoms with Crippen LogP contribution in [0.25, 0.3) is 0 Å². The van der Waals surface area contributed by atoms with Crippen molar-refractivity contribution in [3.63, 3.8) is 0 Å². The van der Waals surface area contributed by atoms with Gasteiger partial charge in [-0.3, -0.25) is 0 Å². The number of hydrogen-bond acceptors (Lipinski definition) is 4. The first kappa shape index (κ1) is 24.4. The third-order valence-corrected chi connectivity index (χ3v) is 8.27. The van der Waals surface area contributed by atoms with Crippen molar-refractivity contribution in [3.8, 4) is 0 Å². The van der Waals surface area contributed by atoms with E-state index in [1.165, 1.54) is 31.3 Å². The molecule has 0 unspecified atom stereocenters. The van der Waals surface area contributed by atoms with Crippen LogP contribution in [0.2, 0.25) is 0 Å². The molecule has 3 aliphatic rings. The molecule has 3 rings (SSSR count). The summed E-state index contributed by atoms with van der Waals surface area (Å²) in [6.45, 7) is 10.2. The van der Waals surface area contributed by atoms with Crippen molar-refractivity contribution in [2.75, 3.05) is 6.61 Å². The summed E-state index contributed by atoms with van der Waals surface area (Å²) in [6.07, 6.45) is 14.9. The lowest BCUT2D eigenvalue weighted by molar-refractivity contribution is 0.00435. The number of allylic oxidation sites excluding steroid dienone is 4. The fourth-order valence-electron chi connectivity index (χ4n) is 6.34. The van der Waals surface area contributed by atoms with Crippen molar-refractivity contribution < 1.29 is 20.4 Å². The summed E-state index contributed by atoms with van der Waals surface area (Å²) in [5.41, 5.74) is 2.46. The van der Waals surface area contributed by atoms with Crippen molar-refractivity contribution in [1.82, 2.24) is 0 Å². The average molecular weight is 431 g/mol. The maximum Gasteiger partial charge on any atom is 0.0883 e. The molecule has 0 spiro atoms. The zero-order valence-corrected chi connectivity index (χ0v) is 19.6. The minimum absolute atomic E-state index is 0.223. The van der Waals surface area contributed by atoms with Gasteiger partial charge in [0.2, 0.25) is 0 Å². The minimum atomic E-state index is -1.04. The van der Waals surface area contributed by atoms with Gasteiger partial charge in [-0.1, -0.05) is 50.3 Å². The molecule has 3 saturated carbocycles. The Hall–Kier alpha value is -1.20. The second-order valence-electron chi connectivity index (χ2n) is 10.8. The number of hydrogen-bond donors (Lipinski definition) is 4. The summed E-state index contributed by atoms with van der Waals surface area (Å²) in [5.74, 6) is 1.62. The molecule has 7 atom stereocenters. The fourth-order valence-corrected chi connectivity index (χ4v) is 6.34. The second kappa shape index (κ2) is 9.74. The lowest BCUT2D eigenvalue weighted by Gasteiger charge is -2.44. The molecule has 4 nitrogen and oxygen atoms in total. The highest BCUT2D eigenvalue weighted by atomic mass is 16.3. The Morgan fingerprint density at radius 2 is 2.00 bits per heavy atom. The van der Waals surface area contributed by atoms with Gasteiger partial charge in [-0.2, -0.15) is 0 Å². The third kappa shape index (κ3) is 5.42. The van der Waals surface area contributed by atoms with Crippen LogP contribution in [0, 0.1) is 23.2 Å². The van der Waals surface area contributed by atoms with E-state index in [4.69, 9.17) is 0 Å². The second-order valence-corrected chi connectivity index (χ2v) is 10.8. The largest absolute Gasteiger partial charge is 0.393 e. The molecular weight excluding hydrogens is 388 g/mol. The summed E-state index contributed by atoms with van der Waals surface area (Å²) >= 11 is 0. The van der Waals surface area contributed by atoms with Crippen molar-refractivity contribution in [3.05, 3.63) is 47.6 Å². The molecule has 174 valence electrons. The predicted molar refractivity (Wildman–Crippen MR) is 125 cm³/mol. The molecule has 0 aromatic rings. The van der Waals surface area contributed by atoms with Gasteiger partial charge in [-0.15, -0.1) is 0 Å². The van der Waals surface area contributed by atoms with Crippen molar-refractivity contribution in [2.45, 2.75) is 89.9 Å². The van der Waals surface area contributed by atoms with Gasteiger partial charge in [-0.05, 0) is 86.2 Å². The molecule has 0 bridgehead atoms. The Kier molecular flexibility index (Phi) is 7.68. The van der Waals surface area contributed by atoms with Gasteiger partial charge in [0, 0.05) is 6.42 Å². The van der Waals surface area contributed by atoms with Crippen LogP contribution in [0.5, 0.6) is 0 Å². The Bertz CT molecular complexity index is 746. The highest BCUT2D eigenvalue weighted by Gasteiger charge is 2.50. The van der Waals surface area contributed by atoms with Crippen molar-refractivity contribution in [2.24, 2.45) is 23.2 Å². The number of rotatable bonds is 6. The molecule has 0 heterocycles. The molecule has 0 aliphatic heterocycles. The first-order chi connectivity index (χ1) is 14.6. The zero-order valence-electron chi connectivity index (χ0n) is 19.6. The molecule has 0 aromatic heterocycles. The first-order valence-corrected chi connectivity index (χ1v) is 12.0. The summed E-state index contributed by atoms with van der Waals surface area (Å²) in [5, 5.41) is 39.5.